The maximum atomic E-state index is 5.51. The molecule has 2 rings (SSSR count). The van der Waals surface area contributed by atoms with Crippen LogP contribution in [0.3, 0.4) is 0 Å². The number of ether oxygens (including phenoxy) is 1. The van der Waals surface area contributed by atoms with Crippen molar-refractivity contribution in [3.05, 3.63) is 35.9 Å². The molecule has 1 heterocycles. The van der Waals surface area contributed by atoms with Gasteiger partial charge in [0, 0.05) is 24.1 Å². The van der Waals surface area contributed by atoms with E-state index in [1.54, 1.807) is 13.4 Å². The van der Waals surface area contributed by atoms with E-state index < -0.39 is 0 Å². The fraction of sp³-hybridized carbons (Fsp3) is 0.438. The molecule has 1 aromatic carbocycles. The number of hydrogen-bond donors (Lipinski definition) is 1. The molecule has 0 amide bonds. The van der Waals surface area contributed by atoms with E-state index in [1.807, 2.05) is 12.1 Å². The van der Waals surface area contributed by atoms with E-state index in [2.05, 4.69) is 31.8 Å². The molecular formula is C16H22N2O2. The molecule has 0 fully saturated rings. The first-order chi connectivity index (χ1) is 9.45. The van der Waals surface area contributed by atoms with Gasteiger partial charge in [-0.15, -0.1) is 0 Å². The first-order valence-corrected chi connectivity index (χ1v) is 6.79. The van der Waals surface area contributed by atoms with E-state index in [1.165, 1.54) is 0 Å². The van der Waals surface area contributed by atoms with Gasteiger partial charge in [-0.05, 0) is 23.6 Å². The number of rotatable bonds is 4. The third kappa shape index (κ3) is 3.02. The Labute approximate surface area is 120 Å². The molecule has 20 heavy (non-hydrogen) atoms. The van der Waals surface area contributed by atoms with Crippen LogP contribution >= 0.6 is 0 Å². The average Bonchev–Trinajstić information content (AvgIpc) is 2.86. The quantitative estimate of drug-likeness (QED) is 0.930. The number of oxazole rings is 1. The van der Waals surface area contributed by atoms with Crippen LogP contribution in [0, 0.1) is 0 Å². The van der Waals surface area contributed by atoms with Crippen molar-refractivity contribution < 1.29 is 9.15 Å². The number of methoxy groups -OCH3 is 1. The predicted octanol–water partition coefficient (Wildman–Crippen LogP) is 3.15. The Kier molecular flexibility index (Phi) is 4.14. The molecule has 0 saturated heterocycles. The molecule has 0 saturated carbocycles. The first-order valence-electron chi connectivity index (χ1n) is 6.79. The van der Waals surface area contributed by atoms with E-state index in [4.69, 9.17) is 14.9 Å². The van der Waals surface area contributed by atoms with Crippen molar-refractivity contribution in [1.82, 2.24) is 4.98 Å². The van der Waals surface area contributed by atoms with Crippen LogP contribution in [-0.2, 0) is 11.8 Å². The second-order valence-electron chi connectivity index (χ2n) is 5.83. The summed E-state index contributed by atoms with van der Waals surface area (Å²) in [6, 6.07) is 6.09. The highest BCUT2D eigenvalue weighted by Crippen LogP contribution is 2.34. The van der Waals surface area contributed by atoms with Gasteiger partial charge in [-0.2, -0.15) is 0 Å². The number of nitrogens with zero attached hydrogens (tertiary/aromatic N) is 1. The Morgan fingerprint density at radius 1 is 1.30 bits per heavy atom. The van der Waals surface area contributed by atoms with Crippen molar-refractivity contribution in [2.45, 2.75) is 32.6 Å². The number of benzene rings is 1. The second-order valence-corrected chi connectivity index (χ2v) is 5.83. The summed E-state index contributed by atoms with van der Waals surface area (Å²) in [5.74, 6) is 1.57. The minimum absolute atomic E-state index is 0.00514. The largest absolute Gasteiger partial charge is 0.496 e. The smallest absolute Gasteiger partial charge is 0.195 e. The monoisotopic (exact) mass is 274 g/mol. The van der Waals surface area contributed by atoms with E-state index in [0.717, 1.165) is 22.6 Å². The summed E-state index contributed by atoms with van der Waals surface area (Å²) in [4.78, 5) is 4.46. The summed E-state index contributed by atoms with van der Waals surface area (Å²) in [6.45, 7) is 7.03. The zero-order chi connectivity index (χ0) is 14.8. The first kappa shape index (κ1) is 14.6. The highest BCUT2D eigenvalue weighted by atomic mass is 16.5. The van der Waals surface area contributed by atoms with E-state index in [-0.39, 0.29) is 5.41 Å². The molecule has 4 heteroatoms. The molecule has 0 aliphatic rings. The molecular weight excluding hydrogens is 252 g/mol. The molecule has 4 nitrogen and oxygen atoms in total. The minimum atomic E-state index is 0.00514. The van der Waals surface area contributed by atoms with Gasteiger partial charge in [-0.3, -0.25) is 0 Å². The van der Waals surface area contributed by atoms with Crippen LogP contribution in [0.4, 0.5) is 0 Å². The Balaban J connectivity index is 2.42. The summed E-state index contributed by atoms with van der Waals surface area (Å²) in [5.41, 5.74) is 8.53. The van der Waals surface area contributed by atoms with Crippen molar-refractivity contribution in [2.24, 2.45) is 5.73 Å². The van der Waals surface area contributed by atoms with Gasteiger partial charge < -0.3 is 14.9 Å². The Bertz CT molecular complexity index is 582. The van der Waals surface area contributed by atoms with Crippen LogP contribution in [-0.4, -0.2) is 18.6 Å². The SMILES string of the molecule is COc1ccc(-c2coc(CCN)n2)cc1C(C)(C)C. The number of hydrogen-bond acceptors (Lipinski definition) is 4. The average molecular weight is 274 g/mol. The fourth-order valence-corrected chi connectivity index (χ4v) is 2.14. The third-order valence-electron chi connectivity index (χ3n) is 3.21. The summed E-state index contributed by atoms with van der Waals surface area (Å²) in [6.07, 6.45) is 2.33. The summed E-state index contributed by atoms with van der Waals surface area (Å²) in [7, 11) is 1.69. The molecule has 0 unspecified atom stereocenters. The normalized spacial score (nSPS) is 11.7. The van der Waals surface area contributed by atoms with Gasteiger partial charge in [0.05, 0.1) is 7.11 Å². The van der Waals surface area contributed by atoms with Gasteiger partial charge in [0.15, 0.2) is 5.89 Å². The van der Waals surface area contributed by atoms with Gasteiger partial charge in [0.25, 0.3) is 0 Å². The third-order valence-corrected chi connectivity index (χ3v) is 3.21. The Morgan fingerprint density at radius 2 is 2.05 bits per heavy atom. The van der Waals surface area contributed by atoms with Crippen molar-refractivity contribution in [3.8, 4) is 17.0 Å². The topological polar surface area (TPSA) is 61.3 Å². The van der Waals surface area contributed by atoms with Crippen LogP contribution in [0.5, 0.6) is 5.75 Å². The van der Waals surface area contributed by atoms with Crippen LogP contribution in [0.25, 0.3) is 11.3 Å². The van der Waals surface area contributed by atoms with E-state index in [0.29, 0.717) is 18.9 Å². The molecule has 2 aromatic rings. The summed E-state index contributed by atoms with van der Waals surface area (Å²) >= 11 is 0. The molecule has 0 bridgehead atoms. The van der Waals surface area contributed by atoms with Gasteiger partial charge >= 0.3 is 0 Å². The lowest BCUT2D eigenvalue weighted by Crippen LogP contribution is -2.12. The molecule has 0 aliphatic carbocycles. The van der Waals surface area contributed by atoms with Crippen molar-refractivity contribution in [3.63, 3.8) is 0 Å². The zero-order valence-electron chi connectivity index (χ0n) is 12.6. The lowest BCUT2D eigenvalue weighted by Gasteiger charge is -2.22. The van der Waals surface area contributed by atoms with Crippen LogP contribution in [0.15, 0.2) is 28.9 Å². The van der Waals surface area contributed by atoms with Crippen molar-refractivity contribution in [1.29, 1.82) is 0 Å². The zero-order valence-corrected chi connectivity index (χ0v) is 12.6. The lowest BCUT2D eigenvalue weighted by atomic mass is 9.85. The Morgan fingerprint density at radius 3 is 2.65 bits per heavy atom. The number of nitrogens with two attached hydrogens (primary N) is 1. The van der Waals surface area contributed by atoms with Crippen molar-refractivity contribution in [2.75, 3.05) is 13.7 Å². The molecule has 0 spiro atoms. The van der Waals surface area contributed by atoms with Gasteiger partial charge in [-0.25, -0.2) is 4.98 Å². The van der Waals surface area contributed by atoms with Crippen molar-refractivity contribution >= 4 is 0 Å². The van der Waals surface area contributed by atoms with Crippen LogP contribution in [0.2, 0.25) is 0 Å². The van der Waals surface area contributed by atoms with Gasteiger partial charge in [0.1, 0.15) is 17.7 Å². The van der Waals surface area contributed by atoms with E-state index >= 15 is 0 Å². The molecule has 0 radical (unpaired) electrons. The lowest BCUT2D eigenvalue weighted by molar-refractivity contribution is 0.397. The highest BCUT2D eigenvalue weighted by Gasteiger charge is 2.20. The molecule has 2 N–H and O–H groups in total. The standard InChI is InChI=1S/C16H22N2O2/c1-16(2,3)12-9-11(5-6-14(12)19-4)13-10-20-15(18-13)7-8-17/h5-6,9-10H,7-8,17H2,1-4H3. The Hall–Kier alpha value is -1.81. The van der Waals surface area contributed by atoms with E-state index in [9.17, 15) is 0 Å². The summed E-state index contributed by atoms with van der Waals surface area (Å²) < 4.78 is 10.9. The second kappa shape index (κ2) is 5.67. The maximum absolute atomic E-state index is 5.51. The molecule has 0 atom stereocenters. The van der Waals surface area contributed by atoms with Crippen LogP contribution < -0.4 is 10.5 Å². The fourth-order valence-electron chi connectivity index (χ4n) is 2.14. The minimum Gasteiger partial charge on any atom is -0.496 e. The molecule has 1 aromatic heterocycles. The van der Waals surface area contributed by atoms with Gasteiger partial charge in [0.2, 0.25) is 0 Å². The summed E-state index contributed by atoms with van der Waals surface area (Å²) in [5, 5.41) is 0. The van der Waals surface area contributed by atoms with Gasteiger partial charge in [-0.1, -0.05) is 20.8 Å². The maximum Gasteiger partial charge on any atom is 0.195 e. The molecule has 108 valence electrons. The van der Waals surface area contributed by atoms with Crippen LogP contribution in [0.1, 0.15) is 32.2 Å². The number of aromatic nitrogens is 1. The molecule has 0 aliphatic heterocycles. The highest BCUT2D eigenvalue weighted by molar-refractivity contribution is 5.62. The predicted molar refractivity (Wildman–Crippen MR) is 79.9 cm³/mol.